The summed E-state index contributed by atoms with van der Waals surface area (Å²) in [5, 5.41) is 10.6. The van der Waals surface area contributed by atoms with Crippen molar-refractivity contribution < 1.29 is 80.2 Å². The van der Waals surface area contributed by atoms with Gasteiger partial charge in [-0.2, -0.15) is 0 Å². The first kappa shape index (κ1) is 90.1. The van der Waals surface area contributed by atoms with Crippen LogP contribution in [-0.2, 0) is 65.4 Å². The van der Waals surface area contributed by atoms with E-state index >= 15 is 0 Å². The summed E-state index contributed by atoms with van der Waals surface area (Å²) in [7, 11) is -9.91. The number of carbonyl (C=O) groups excluding carboxylic acids is 4. The Bertz CT molecular complexity index is 1790. The topological polar surface area (TPSA) is 237 Å². The molecule has 6 atom stereocenters. The van der Waals surface area contributed by atoms with Gasteiger partial charge in [-0.3, -0.25) is 37.3 Å². The van der Waals surface area contributed by atoms with Gasteiger partial charge in [0.05, 0.1) is 26.4 Å². The highest BCUT2D eigenvalue weighted by molar-refractivity contribution is 7.47. The van der Waals surface area contributed by atoms with Crippen LogP contribution >= 0.6 is 15.6 Å². The number of esters is 4. The SMILES string of the molecule is CCCCCCCCCCCCCCCCCC(=O)O[C@H](COC(=O)CCCCCCCCCCCCC(C)CC)COP(=O)(O)OC[C@@H](O)COP(=O)(O)OC[C@@H](COC(=O)CCCCCCCCC(C)C)OC(=O)CCCCCCCCCCCCCCCC. The van der Waals surface area contributed by atoms with Crippen LogP contribution < -0.4 is 0 Å². The molecule has 17 nitrogen and oxygen atoms in total. The quantitative estimate of drug-likeness (QED) is 0.0222. The van der Waals surface area contributed by atoms with E-state index in [-0.39, 0.29) is 25.7 Å². The number of ether oxygens (including phenoxy) is 4. The number of aliphatic hydroxyl groups excluding tert-OH is 1. The van der Waals surface area contributed by atoms with Crippen LogP contribution in [0.2, 0.25) is 0 Å². The van der Waals surface area contributed by atoms with Crippen LogP contribution in [0.4, 0.5) is 0 Å². The maximum Gasteiger partial charge on any atom is 0.472 e. The summed E-state index contributed by atoms with van der Waals surface area (Å²) in [6.45, 7) is 9.53. The Hall–Kier alpha value is -1.94. The van der Waals surface area contributed by atoms with Gasteiger partial charge in [-0.05, 0) is 37.5 Å². The summed E-state index contributed by atoms with van der Waals surface area (Å²) in [6, 6.07) is 0. The summed E-state index contributed by atoms with van der Waals surface area (Å²) >= 11 is 0. The molecular weight excluding hydrogens is 1210 g/mol. The zero-order chi connectivity index (χ0) is 67.9. The van der Waals surface area contributed by atoms with E-state index in [0.29, 0.717) is 31.6 Å². The molecule has 3 unspecified atom stereocenters. The molecule has 0 bridgehead atoms. The summed E-state index contributed by atoms with van der Waals surface area (Å²) in [4.78, 5) is 72.7. The molecule has 0 aliphatic carbocycles. The molecule has 0 saturated heterocycles. The molecule has 0 saturated carbocycles. The van der Waals surface area contributed by atoms with Crippen LogP contribution in [0.15, 0.2) is 0 Å². The second-order valence-corrected chi connectivity index (χ2v) is 30.0. The highest BCUT2D eigenvalue weighted by atomic mass is 31.2. The van der Waals surface area contributed by atoms with Crippen molar-refractivity contribution in [1.82, 2.24) is 0 Å². The molecule has 0 aliphatic rings. The third-order valence-corrected chi connectivity index (χ3v) is 19.2. The first-order valence-electron chi connectivity index (χ1n) is 38.0. The number of phosphoric acid groups is 2. The zero-order valence-corrected chi connectivity index (χ0v) is 61.6. The van der Waals surface area contributed by atoms with Gasteiger partial charge in [0.25, 0.3) is 0 Å². The number of unbranched alkanes of at least 4 members (excludes halogenated alkanes) is 41. The second kappa shape index (κ2) is 65.0. The summed E-state index contributed by atoms with van der Waals surface area (Å²) in [5.41, 5.74) is 0. The van der Waals surface area contributed by atoms with E-state index in [1.807, 2.05) is 0 Å². The average Bonchev–Trinajstić information content (AvgIpc) is 3.65. The van der Waals surface area contributed by atoms with Crippen LogP contribution in [0.25, 0.3) is 0 Å². The third kappa shape index (κ3) is 65.4. The van der Waals surface area contributed by atoms with Gasteiger partial charge in [0.1, 0.15) is 19.3 Å². The Morgan fingerprint density at radius 2 is 0.554 bits per heavy atom. The number of aliphatic hydroxyl groups is 1. The smallest absolute Gasteiger partial charge is 0.462 e. The average molecular weight is 1350 g/mol. The summed E-state index contributed by atoms with van der Waals surface area (Å²) < 4.78 is 68.4. The van der Waals surface area contributed by atoms with Crippen molar-refractivity contribution in [1.29, 1.82) is 0 Å². The third-order valence-electron chi connectivity index (χ3n) is 17.3. The molecule has 0 aromatic rings. The summed E-state index contributed by atoms with van der Waals surface area (Å²) in [6.07, 6.45) is 51.3. The number of phosphoric ester groups is 2. The molecule has 546 valence electrons. The van der Waals surface area contributed by atoms with Gasteiger partial charge in [0.15, 0.2) is 12.2 Å². The second-order valence-electron chi connectivity index (χ2n) is 27.1. The number of hydrogen-bond acceptors (Lipinski definition) is 15. The number of rotatable bonds is 72. The van der Waals surface area contributed by atoms with Crippen molar-refractivity contribution in [3.8, 4) is 0 Å². The van der Waals surface area contributed by atoms with E-state index in [1.54, 1.807) is 0 Å². The van der Waals surface area contributed by atoms with Crippen molar-refractivity contribution >= 4 is 39.5 Å². The first-order chi connectivity index (χ1) is 44.4. The standard InChI is InChI=1S/C73H142O17P2/c1-7-10-12-14-16-18-20-22-24-26-28-34-38-46-52-58-72(77)89-68(61-83-70(75)55-49-43-36-32-30-29-31-35-42-48-54-66(6)9-3)63-87-91(79,80)85-59-67(74)60-86-92(81,82)88-64-69(62-84-71(76)56-50-44-40-39-41-47-53-65(4)5)90-73(78)57-51-45-37-33-27-25-23-21-19-17-15-13-11-8-2/h65-69,74H,7-64H2,1-6H3,(H,79,80)(H,81,82)/t66?,67-,68-,69-/m1/s1. The van der Waals surface area contributed by atoms with Crippen LogP contribution in [0.3, 0.4) is 0 Å². The van der Waals surface area contributed by atoms with E-state index in [2.05, 4.69) is 41.5 Å². The lowest BCUT2D eigenvalue weighted by atomic mass is 9.99. The minimum atomic E-state index is -4.95. The molecule has 0 radical (unpaired) electrons. The monoisotopic (exact) mass is 1350 g/mol. The maximum atomic E-state index is 13.1. The Morgan fingerprint density at radius 3 is 0.826 bits per heavy atom. The normalized spacial score (nSPS) is 14.4. The van der Waals surface area contributed by atoms with E-state index in [0.717, 1.165) is 102 Å². The Labute approximate surface area is 562 Å². The van der Waals surface area contributed by atoms with Gasteiger partial charge in [0, 0.05) is 25.7 Å². The van der Waals surface area contributed by atoms with Crippen molar-refractivity contribution in [2.45, 2.75) is 394 Å². The predicted octanol–water partition coefficient (Wildman–Crippen LogP) is 21.2. The molecule has 0 heterocycles. The van der Waals surface area contributed by atoms with Gasteiger partial charge >= 0.3 is 39.5 Å². The van der Waals surface area contributed by atoms with Crippen molar-refractivity contribution in [2.24, 2.45) is 11.8 Å². The largest absolute Gasteiger partial charge is 0.472 e. The van der Waals surface area contributed by atoms with Crippen LogP contribution in [0.5, 0.6) is 0 Å². The molecule has 0 amide bonds. The van der Waals surface area contributed by atoms with Gasteiger partial charge in [-0.15, -0.1) is 0 Å². The molecule has 0 fully saturated rings. The fourth-order valence-corrected chi connectivity index (χ4v) is 12.7. The lowest BCUT2D eigenvalue weighted by Gasteiger charge is -2.21. The number of hydrogen-bond donors (Lipinski definition) is 3. The molecule has 3 N–H and O–H groups in total. The minimum absolute atomic E-state index is 0.107. The van der Waals surface area contributed by atoms with Gasteiger partial charge in [-0.25, -0.2) is 9.13 Å². The van der Waals surface area contributed by atoms with Crippen molar-refractivity contribution in [2.75, 3.05) is 39.6 Å². The first-order valence-corrected chi connectivity index (χ1v) is 41.0. The number of carbonyl (C=O) groups is 4. The lowest BCUT2D eigenvalue weighted by molar-refractivity contribution is -0.161. The van der Waals surface area contributed by atoms with Crippen molar-refractivity contribution in [3.63, 3.8) is 0 Å². The Kier molecular flexibility index (Phi) is 63.7. The Balaban J connectivity index is 5.25. The minimum Gasteiger partial charge on any atom is -0.462 e. The molecule has 0 aromatic carbocycles. The molecule has 0 spiro atoms. The predicted molar refractivity (Wildman–Crippen MR) is 372 cm³/mol. The molecule has 0 aromatic heterocycles. The molecule has 0 aliphatic heterocycles. The maximum absolute atomic E-state index is 13.1. The molecule has 0 rings (SSSR count). The van der Waals surface area contributed by atoms with Crippen molar-refractivity contribution in [3.05, 3.63) is 0 Å². The van der Waals surface area contributed by atoms with Crippen LogP contribution in [0.1, 0.15) is 375 Å². The summed E-state index contributed by atoms with van der Waals surface area (Å²) in [5.74, 6) is -0.630. The zero-order valence-electron chi connectivity index (χ0n) is 59.9. The van der Waals surface area contributed by atoms with E-state index < -0.39 is 97.5 Å². The van der Waals surface area contributed by atoms with Gasteiger partial charge < -0.3 is 33.8 Å². The molecular formula is C73H142O17P2. The fraction of sp³-hybridized carbons (Fsp3) is 0.945. The van der Waals surface area contributed by atoms with Crippen LogP contribution in [0, 0.1) is 11.8 Å². The fourth-order valence-electron chi connectivity index (χ4n) is 11.1. The van der Waals surface area contributed by atoms with Crippen LogP contribution in [-0.4, -0.2) is 96.7 Å². The highest BCUT2D eigenvalue weighted by Crippen LogP contribution is 2.45. The highest BCUT2D eigenvalue weighted by Gasteiger charge is 2.30. The van der Waals surface area contributed by atoms with E-state index in [4.69, 9.17) is 37.0 Å². The van der Waals surface area contributed by atoms with E-state index in [1.165, 1.54) is 186 Å². The Morgan fingerprint density at radius 1 is 0.315 bits per heavy atom. The lowest BCUT2D eigenvalue weighted by Crippen LogP contribution is -2.30. The van der Waals surface area contributed by atoms with Gasteiger partial charge in [0.2, 0.25) is 0 Å². The molecule has 92 heavy (non-hydrogen) atoms. The van der Waals surface area contributed by atoms with Gasteiger partial charge in [-0.1, -0.05) is 324 Å². The molecule has 19 heteroatoms. The van der Waals surface area contributed by atoms with E-state index in [9.17, 15) is 43.2 Å².